The number of ether oxygens (including phenoxy) is 1. The predicted molar refractivity (Wildman–Crippen MR) is 88.5 cm³/mol. The molecular formula is C17H20N4O4. The van der Waals surface area contributed by atoms with Crippen molar-refractivity contribution in [2.45, 2.75) is 25.8 Å². The van der Waals surface area contributed by atoms with Crippen LogP contribution in [-0.2, 0) is 9.53 Å². The van der Waals surface area contributed by atoms with E-state index in [2.05, 4.69) is 15.4 Å². The molecule has 0 radical (unpaired) electrons. The molecule has 3 rings (SSSR count). The summed E-state index contributed by atoms with van der Waals surface area (Å²) in [5.41, 5.74) is 2.06. The molecule has 0 aliphatic carbocycles. The molecule has 1 aromatic carbocycles. The second kappa shape index (κ2) is 7.43. The number of carboxylic acids is 1. The van der Waals surface area contributed by atoms with Crippen LogP contribution in [0.15, 0.2) is 30.9 Å². The van der Waals surface area contributed by atoms with Gasteiger partial charge >= 0.3 is 5.97 Å². The monoisotopic (exact) mass is 344 g/mol. The average molecular weight is 344 g/mol. The third-order valence-corrected chi connectivity index (χ3v) is 4.34. The summed E-state index contributed by atoms with van der Waals surface area (Å²) in [6.45, 7) is 2.85. The van der Waals surface area contributed by atoms with E-state index in [4.69, 9.17) is 4.74 Å². The summed E-state index contributed by atoms with van der Waals surface area (Å²) >= 11 is 0. The van der Waals surface area contributed by atoms with Gasteiger partial charge in [-0.2, -0.15) is 5.10 Å². The van der Waals surface area contributed by atoms with Gasteiger partial charge < -0.3 is 15.2 Å². The molecule has 1 aromatic heterocycles. The molecule has 1 amide bonds. The van der Waals surface area contributed by atoms with Gasteiger partial charge in [-0.15, -0.1) is 0 Å². The first-order valence-corrected chi connectivity index (χ1v) is 8.13. The van der Waals surface area contributed by atoms with Crippen LogP contribution in [0, 0.1) is 12.8 Å². The van der Waals surface area contributed by atoms with Gasteiger partial charge in [-0.05, 0) is 43.5 Å². The molecule has 0 unspecified atom stereocenters. The maximum atomic E-state index is 12.5. The van der Waals surface area contributed by atoms with E-state index in [0.717, 1.165) is 24.1 Å². The van der Waals surface area contributed by atoms with Crippen LogP contribution < -0.4 is 5.32 Å². The van der Waals surface area contributed by atoms with Gasteiger partial charge in [-0.25, -0.2) is 14.5 Å². The number of nitrogens with one attached hydrogen (secondary N) is 1. The van der Waals surface area contributed by atoms with E-state index < -0.39 is 17.9 Å². The van der Waals surface area contributed by atoms with Gasteiger partial charge in [0.15, 0.2) is 0 Å². The minimum Gasteiger partial charge on any atom is -0.480 e. The standard InChI is InChI=1S/C17H20N4O4/c1-11-7-12(4-5-14(11)21-10-18-9-19-21)16(22)20-15(17(23)24)13-3-2-6-25-8-13/h4-5,7,9-10,13,15H,2-3,6,8H2,1H3,(H,20,22)(H,23,24)/t13-,15+/m1/s1. The largest absolute Gasteiger partial charge is 0.480 e. The van der Waals surface area contributed by atoms with E-state index in [-0.39, 0.29) is 5.92 Å². The van der Waals surface area contributed by atoms with Crippen molar-refractivity contribution in [1.29, 1.82) is 0 Å². The Morgan fingerprint density at radius 3 is 2.88 bits per heavy atom. The van der Waals surface area contributed by atoms with Gasteiger partial charge in [0.2, 0.25) is 0 Å². The molecule has 25 heavy (non-hydrogen) atoms. The summed E-state index contributed by atoms with van der Waals surface area (Å²) in [7, 11) is 0. The van der Waals surface area contributed by atoms with E-state index in [0.29, 0.717) is 18.8 Å². The fourth-order valence-corrected chi connectivity index (χ4v) is 3.02. The zero-order chi connectivity index (χ0) is 17.8. The summed E-state index contributed by atoms with van der Waals surface area (Å²) in [6.07, 6.45) is 4.53. The van der Waals surface area contributed by atoms with E-state index in [1.54, 1.807) is 29.2 Å². The highest BCUT2D eigenvalue weighted by molar-refractivity contribution is 5.97. The summed E-state index contributed by atoms with van der Waals surface area (Å²) in [5.74, 6) is -1.67. The van der Waals surface area contributed by atoms with Gasteiger partial charge in [0, 0.05) is 18.1 Å². The number of carboxylic acid groups (broad SMARTS) is 1. The van der Waals surface area contributed by atoms with E-state index >= 15 is 0 Å². The Labute approximate surface area is 144 Å². The summed E-state index contributed by atoms with van der Waals surface area (Å²) in [6, 6.07) is 4.17. The lowest BCUT2D eigenvalue weighted by Crippen LogP contribution is -2.48. The zero-order valence-corrected chi connectivity index (χ0v) is 13.9. The number of carbonyl (C=O) groups is 2. The van der Waals surface area contributed by atoms with E-state index in [1.165, 1.54) is 6.33 Å². The maximum Gasteiger partial charge on any atom is 0.326 e. The molecule has 132 valence electrons. The van der Waals surface area contributed by atoms with Crippen LogP contribution in [0.25, 0.3) is 5.69 Å². The summed E-state index contributed by atoms with van der Waals surface area (Å²) in [5, 5.41) is 16.2. The molecule has 0 spiro atoms. The number of hydrogen-bond donors (Lipinski definition) is 2. The molecule has 0 saturated carbocycles. The molecule has 0 bridgehead atoms. The Morgan fingerprint density at radius 1 is 1.44 bits per heavy atom. The fourth-order valence-electron chi connectivity index (χ4n) is 3.02. The van der Waals surface area contributed by atoms with Crippen molar-refractivity contribution in [3.05, 3.63) is 42.0 Å². The Kier molecular flexibility index (Phi) is 5.08. The van der Waals surface area contributed by atoms with Crippen molar-refractivity contribution >= 4 is 11.9 Å². The van der Waals surface area contributed by atoms with Gasteiger partial charge in [-0.1, -0.05) is 0 Å². The number of carbonyl (C=O) groups excluding carboxylic acids is 1. The molecule has 1 fully saturated rings. The summed E-state index contributed by atoms with van der Waals surface area (Å²) in [4.78, 5) is 28.0. The lowest BCUT2D eigenvalue weighted by molar-refractivity contribution is -0.142. The van der Waals surface area contributed by atoms with Crippen molar-refractivity contribution in [3.63, 3.8) is 0 Å². The van der Waals surface area contributed by atoms with Crippen molar-refractivity contribution < 1.29 is 19.4 Å². The van der Waals surface area contributed by atoms with Gasteiger partial charge in [0.1, 0.15) is 18.7 Å². The number of aromatic nitrogens is 3. The van der Waals surface area contributed by atoms with Gasteiger partial charge in [-0.3, -0.25) is 4.79 Å². The van der Waals surface area contributed by atoms with Crippen LogP contribution in [0.4, 0.5) is 0 Å². The van der Waals surface area contributed by atoms with Crippen LogP contribution in [0.2, 0.25) is 0 Å². The SMILES string of the molecule is Cc1cc(C(=O)N[C@H](C(=O)O)[C@@H]2CCCOC2)ccc1-n1cncn1. The Morgan fingerprint density at radius 2 is 2.28 bits per heavy atom. The number of nitrogens with zero attached hydrogens (tertiary/aromatic N) is 3. The average Bonchev–Trinajstić information content (AvgIpc) is 3.14. The van der Waals surface area contributed by atoms with E-state index in [1.807, 2.05) is 6.92 Å². The number of rotatable bonds is 5. The highest BCUT2D eigenvalue weighted by Crippen LogP contribution is 2.19. The maximum absolute atomic E-state index is 12.5. The summed E-state index contributed by atoms with van der Waals surface area (Å²) < 4.78 is 6.95. The lowest BCUT2D eigenvalue weighted by atomic mass is 9.93. The molecule has 1 aliphatic rings. The first-order chi connectivity index (χ1) is 12.1. The second-order valence-corrected chi connectivity index (χ2v) is 6.11. The van der Waals surface area contributed by atoms with Gasteiger partial charge in [0.05, 0.1) is 12.3 Å². The van der Waals surface area contributed by atoms with Gasteiger partial charge in [0.25, 0.3) is 5.91 Å². The van der Waals surface area contributed by atoms with Crippen LogP contribution >= 0.6 is 0 Å². The smallest absolute Gasteiger partial charge is 0.326 e. The molecule has 2 atom stereocenters. The minimum atomic E-state index is -1.04. The highest BCUT2D eigenvalue weighted by atomic mass is 16.5. The third kappa shape index (κ3) is 3.85. The van der Waals surface area contributed by atoms with Crippen LogP contribution in [0.5, 0.6) is 0 Å². The lowest BCUT2D eigenvalue weighted by Gasteiger charge is -2.28. The number of aliphatic carboxylic acids is 1. The Balaban J connectivity index is 1.75. The fraction of sp³-hybridized carbons (Fsp3) is 0.412. The molecule has 1 saturated heterocycles. The van der Waals surface area contributed by atoms with Crippen LogP contribution in [0.3, 0.4) is 0 Å². The van der Waals surface area contributed by atoms with Crippen LogP contribution in [0.1, 0.15) is 28.8 Å². The highest BCUT2D eigenvalue weighted by Gasteiger charge is 2.31. The Hall–Kier alpha value is -2.74. The van der Waals surface area contributed by atoms with Crippen LogP contribution in [-0.4, -0.2) is 51.0 Å². The molecule has 8 heteroatoms. The number of amides is 1. The molecule has 2 N–H and O–H groups in total. The quantitative estimate of drug-likeness (QED) is 0.844. The number of hydrogen-bond acceptors (Lipinski definition) is 5. The minimum absolute atomic E-state index is 0.217. The van der Waals surface area contributed by atoms with Crippen molar-refractivity contribution in [1.82, 2.24) is 20.1 Å². The normalized spacial score (nSPS) is 18.5. The number of benzene rings is 1. The van der Waals surface area contributed by atoms with Crippen molar-refractivity contribution in [3.8, 4) is 5.69 Å². The molecule has 2 heterocycles. The number of aryl methyl sites for hydroxylation is 1. The first kappa shape index (κ1) is 17.1. The zero-order valence-electron chi connectivity index (χ0n) is 13.9. The molecular weight excluding hydrogens is 324 g/mol. The first-order valence-electron chi connectivity index (χ1n) is 8.13. The topological polar surface area (TPSA) is 106 Å². The van der Waals surface area contributed by atoms with E-state index in [9.17, 15) is 14.7 Å². The van der Waals surface area contributed by atoms with Crippen molar-refractivity contribution in [2.24, 2.45) is 5.92 Å². The predicted octanol–water partition coefficient (Wildman–Crippen LogP) is 1.19. The van der Waals surface area contributed by atoms with Crippen molar-refractivity contribution in [2.75, 3.05) is 13.2 Å². The second-order valence-electron chi connectivity index (χ2n) is 6.11. The third-order valence-electron chi connectivity index (χ3n) is 4.34. The molecule has 2 aromatic rings. The molecule has 1 aliphatic heterocycles. The Bertz CT molecular complexity index is 754. The molecule has 8 nitrogen and oxygen atoms in total.